The van der Waals surface area contributed by atoms with Gasteiger partial charge in [0, 0.05) is 13.6 Å². The SMILES string of the molecule is CNC(c1cc(Br)ccc1I)c1ccc(C)c(C)c1OC. The van der Waals surface area contributed by atoms with Crippen LogP contribution >= 0.6 is 38.5 Å². The zero-order valence-electron chi connectivity index (χ0n) is 12.6. The standard InChI is InChI=1S/C17H19BrINO/c1-10-5-7-13(17(21-4)11(10)2)16(20-3)14-9-12(18)6-8-15(14)19/h5-9,16,20H,1-4H3. The lowest BCUT2D eigenvalue weighted by molar-refractivity contribution is 0.402. The number of methoxy groups -OCH3 is 1. The monoisotopic (exact) mass is 459 g/mol. The average molecular weight is 460 g/mol. The third-order valence-electron chi connectivity index (χ3n) is 3.78. The fraction of sp³-hybridized carbons (Fsp3) is 0.294. The van der Waals surface area contributed by atoms with Crippen LogP contribution in [0, 0.1) is 17.4 Å². The molecular formula is C17H19BrINO. The maximum atomic E-state index is 5.68. The molecular weight excluding hydrogens is 441 g/mol. The number of rotatable bonds is 4. The van der Waals surface area contributed by atoms with E-state index in [-0.39, 0.29) is 6.04 Å². The predicted octanol–water partition coefficient (Wildman–Crippen LogP) is 4.99. The van der Waals surface area contributed by atoms with Gasteiger partial charge in [0.25, 0.3) is 0 Å². The first-order chi connectivity index (χ1) is 9.99. The molecule has 2 aromatic rings. The molecule has 1 unspecified atom stereocenters. The van der Waals surface area contributed by atoms with Crippen molar-refractivity contribution in [2.45, 2.75) is 19.9 Å². The Kier molecular flexibility index (Phi) is 5.68. The van der Waals surface area contributed by atoms with E-state index >= 15 is 0 Å². The zero-order chi connectivity index (χ0) is 15.6. The molecule has 0 saturated carbocycles. The van der Waals surface area contributed by atoms with Crippen LogP contribution in [0.25, 0.3) is 0 Å². The van der Waals surface area contributed by atoms with E-state index in [0.29, 0.717) is 0 Å². The average Bonchev–Trinajstić information content (AvgIpc) is 2.47. The molecule has 0 aliphatic heterocycles. The Morgan fingerprint density at radius 3 is 2.48 bits per heavy atom. The van der Waals surface area contributed by atoms with Crippen LogP contribution in [-0.2, 0) is 0 Å². The molecule has 0 radical (unpaired) electrons. The van der Waals surface area contributed by atoms with Gasteiger partial charge in [-0.2, -0.15) is 0 Å². The van der Waals surface area contributed by atoms with Crippen LogP contribution in [0.2, 0.25) is 0 Å². The lowest BCUT2D eigenvalue weighted by atomic mass is 9.94. The highest BCUT2D eigenvalue weighted by Crippen LogP contribution is 2.36. The van der Waals surface area contributed by atoms with E-state index in [2.05, 4.69) is 88.0 Å². The highest BCUT2D eigenvalue weighted by atomic mass is 127. The Morgan fingerprint density at radius 2 is 1.86 bits per heavy atom. The molecule has 0 spiro atoms. The number of halogens is 2. The molecule has 112 valence electrons. The fourth-order valence-electron chi connectivity index (χ4n) is 2.52. The van der Waals surface area contributed by atoms with Crippen molar-refractivity contribution < 1.29 is 4.74 Å². The molecule has 0 bridgehead atoms. The number of hydrogen-bond acceptors (Lipinski definition) is 2. The first-order valence-corrected chi connectivity index (χ1v) is 8.63. The van der Waals surface area contributed by atoms with Gasteiger partial charge >= 0.3 is 0 Å². The Hall–Kier alpha value is -0.590. The maximum absolute atomic E-state index is 5.68. The molecule has 1 N–H and O–H groups in total. The molecule has 0 heterocycles. The Bertz CT molecular complexity index is 657. The quantitative estimate of drug-likeness (QED) is 0.650. The summed E-state index contributed by atoms with van der Waals surface area (Å²) in [5.74, 6) is 0.963. The van der Waals surface area contributed by atoms with Gasteiger partial charge in [-0.15, -0.1) is 0 Å². The van der Waals surface area contributed by atoms with Crippen molar-refractivity contribution in [2.75, 3.05) is 14.2 Å². The van der Waals surface area contributed by atoms with Gasteiger partial charge < -0.3 is 10.1 Å². The van der Waals surface area contributed by atoms with Crippen LogP contribution < -0.4 is 10.1 Å². The summed E-state index contributed by atoms with van der Waals surface area (Å²) in [5, 5.41) is 3.42. The second-order valence-corrected chi connectivity index (χ2v) is 7.10. The molecule has 0 fully saturated rings. The van der Waals surface area contributed by atoms with E-state index in [1.165, 1.54) is 25.8 Å². The van der Waals surface area contributed by atoms with E-state index < -0.39 is 0 Å². The Balaban J connectivity index is 2.62. The number of ether oxygens (including phenoxy) is 1. The minimum absolute atomic E-state index is 0.101. The molecule has 0 aliphatic rings. The molecule has 0 amide bonds. The van der Waals surface area contributed by atoms with E-state index in [9.17, 15) is 0 Å². The summed E-state index contributed by atoms with van der Waals surface area (Å²) in [6.07, 6.45) is 0. The normalized spacial score (nSPS) is 12.3. The van der Waals surface area contributed by atoms with Gasteiger partial charge in [-0.1, -0.05) is 28.1 Å². The topological polar surface area (TPSA) is 21.3 Å². The van der Waals surface area contributed by atoms with E-state index in [4.69, 9.17) is 4.74 Å². The van der Waals surface area contributed by atoms with E-state index in [1.54, 1.807) is 7.11 Å². The minimum Gasteiger partial charge on any atom is -0.496 e. The van der Waals surface area contributed by atoms with Crippen LogP contribution in [0.4, 0.5) is 0 Å². The molecule has 0 saturated heterocycles. The maximum Gasteiger partial charge on any atom is 0.127 e. The second kappa shape index (κ2) is 7.11. The first kappa shape index (κ1) is 16.8. The van der Waals surface area contributed by atoms with Crippen LogP contribution in [0.5, 0.6) is 5.75 Å². The smallest absolute Gasteiger partial charge is 0.127 e. The van der Waals surface area contributed by atoms with Crippen LogP contribution in [0.15, 0.2) is 34.8 Å². The highest BCUT2D eigenvalue weighted by molar-refractivity contribution is 14.1. The van der Waals surface area contributed by atoms with Gasteiger partial charge in [-0.25, -0.2) is 0 Å². The summed E-state index contributed by atoms with van der Waals surface area (Å²) < 4.78 is 7.99. The van der Waals surface area contributed by atoms with Gasteiger partial charge in [0.05, 0.1) is 13.2 Å². The molecule has 21 heavy (non-hydrogen) atoms. The largest absolute Gasteiger partial charge is 0.496 e. The number of hydrogen-bond donors (Lipinski definition) is 1. The summed E-state index contributed by atoms with van der Waals surface area (Å²) in [5.41, 5.74) is 4.85. The minimum atomic E-state index is 0.101. The lowest BCUT2D eigenvalue weighted by Crippen LogP contribution is -2.20. The van der Waals surface area contributed by atoms with Crippen molar-refractivity contribution in [3.63, 3.8) is 0 Å². The van der Waals surface area contributed by atoms with Gasteiger partial charge in [0.1, 0.15) is 5.75 Å². The third kappa shape index (κ3) is 3.43. The van der Waals surface area contributed by atoms with Gasteiger partial charge in [0.15, 0.2) is 0 Å². The fourth-order valence-corrected chi connectivity index (χ4v) is 3.55. The third-order valence-corrected chi connectivity index (χ3v) is 5.26. The van der Waals surface area contributed by atoms with E-state index in [1.807, 2.05) is 7.05 Å². The Labute approximate surface area is 148 Å². The molecule has 0 aromatic heterocycles. The summed E-state index contributed by atoms with van der Waals surface area (Å²) in [6.45, 7) is 4.22. The summed E-state index contributed by atoms with van der Waals surface area (Å²) in [6, 6.07) is 10.8. The molecule has 2 aromatic carbocycles. The van der Waals surface area contributed by atoms with Crippen molar-refractivity contribution in [1.82, 2.24) is 5.32 Å². The zero-order valence-corrected chi connectivity index (χ0v) is 16.4. The van der Waals surface area contributed by atoms with Crippen molar-refractivity contribution in [3.05, 3.63) is 60.6 Å². The first-order valence-electron chi connectivity index (χ1n) is 6.76. The van der Waals surface area contributed by atoms with Crippen molar-refractivity contribution in [2.24, 2.45) is 0 Å². The Morgan fingerprint density at radius 1 is 1.14 bits per heavy atom. The molecule has 2 rings (SSSR count). The van der Waals surface area contributed by atoms with Gasteiger partial charge in [0.2, 0.25) is 0 Å². The summed E-state index contributed by atoms with van der Waals surface area (Å²) in [4.78, 5) is 0. The van der Waals surface area contributed by atoms with Crippen LogP contribution in [0.1, 0.15) is 28.3 Å². The highest BCUT2D eigenvalue weighted by Gasteiger charge is 2.21. The predicted molar refractivity (Wildman–Crippen MR) is 100 cm³/mol. The molecule has 4 heteroatoms. The van der Waals surface area contributed by atoms with Crippen molar-refractivity contribution >= 4 is 38.5 Å². The summed E-state index contributed by atoms with van der Waals surface area (Å²) >= 11 is 5.95. The second-order valence-electron chi connectivity index (χ2n) is 5.02. The number of benzene rings is 2. The lowest BCUT2D eigenvalue weighted by Gasteiger charge is -2.23. The number of aryl methyl sites for hydroxylation is 1. The molecule has 0 aliphatic carbocycles. The molecule has 1 atom stereocenters. The van der Waals surface area contributed by atoms with Crippen LogP contribution in [0.3, 0.4) is 0 Å². The summed E-state index contributed by atoms with van der Waals surface area (Å²) in [7, 11) is 3.72. The van der Waals surface area contributed by atoms with Gasteiger partial charge in [-0.05, 0) is 78.4 Å². The van der Waals surface area contributed by atoms with Crippen molar-refractivity contribution in [3.8, 4) is 5.75 Å². The van der Waals surface area contributed by atoms with Crippen LogP contribution in [-0.4, -0.2) is 14.2 Å². The number of nitrogens with one attached hydrogen (secondary N) is 1. The van der Waals surface area contributed by atoms with Gasteiger partial charge in [-0.3, -0.25) is 0 Å². The van der Waals surface area contributed by atoms with Crippen molar-refractivity contribution in [1.29, 1.82) is 0 Å². The van der Waals surface area contributed by atoms with E-state index in [0.717, 1.165) is 10.2 Å². The molecule has 2 nitrogen and oxygen atoms in total.